The molecule has 0 amide bonds. The maximum Gasteiger partial charge on any atom is 0.164 e. The maximum atomic E-state index is 4.48. The van der Waals surface area contributed by atoms with Crippen molar-refractivity contribution >= 4 is 15.9 Å². The number of alkyl halides is 1. The van der Waals surface area contributed by atoms with Crippen LogP contribution in [-0.2, 0) is 16.3 Å². The van der Waals surface area contributed by atoms with Gasteiger partial charge >= 0.3 is 0 Å². The topological polar surface area (TPSA) is 30.7 Å². The van der Waals surface area contributed by atoms with Crippen LogP contribution in [0.5, 0.6) is 0 Å². The standard InChI is InChI=1S/C17H24BrN3/c1-16(2,3)13-10-8-7-9-12(13)15-20-19-14(11-18)21(15)17(4,5)6/h7-10H,11H2,1-6H3. The van der Waals surface area contributed by atoms with Crippen LogP contribution in [-0.4, -0.2) is 14.8 Å². The summed E-state index contributed by atoms with van der Waals surface area (Å²) < 4.78 is 2.23. The van der Waals surface area contributed by atoms with Crippen molar-refractivity contribution in [3.63, 3.8) is 0 Å². The largest absolute Gasteiger partial charge is 0.305 e. The number of hydrogen-bond donors (Lipinski definition) is 0. The molecule has 114 valence electrons. The van der Waals surface area contributed by atoms with Crippen molar-refractivity contribution in [2.45, 2.75) is 57.8 Å². The minimum Gasteiger partial charge on any atom is -0.305 e. The molecule has 0 aliphatic heterocycles. The highest BCUT2D eigenvalue weighted by molar-refractivity contribution is 9.08. The Balaban J connectivity index is 2.73. The van der Waals surface area contributed by atoms with Crippen LogP contribution in [0.3, 0.4) is 0 Å². The summed E-state index contributed by atoms with van der Waals surface area (Å²) in [5, 5.41) is 9.55. The second-order valence-electron chi connectivity index (χ2n) is 7.38. The van der Waals surface area contributed by atoms with E-state index in [4.69, 9.17) is 0 Å². The summed E-state index contributed by atoms with van der Waals surface area (Å²) in [5.41, 5.74) is 2.47. The van der Waals surface area contributed by atoms with E-state index < -0.39 is 0 Å². The van der Waals surface area contributed by atoms with Gasteiger partial charge < -0.3 is 4.57 Å². The van der Waals surface area contributed by atoms with Crippen LogP contribution in [0.15, 0.2) is 24.3 Å². The molecule has 0 fully saturated rings. The van der Waals surface area contributed by atoms with E-state index in [1.54, 1.807) is 0 Å². The van der Waals surface area contributed by atoms with E-state index in [0.717, 1.165) is 11.6 Å². The molecule has 3 nitrogen and oxygen atoms in total. The summed E-state index contributed by atoms with van der Waals surface area (Å²) in [5.74, 6) is 1.91. The van der Waals surface area contributed by atoms with Crippen molar-refractivity contribution in [2.24, 2.45) is 0 Å². The van der Waals surface area contributed by atoms with Crippen LogP contribution in [0.1, 0.15) is 52.9 Å². The smallest absolute Gasteiger partial charge is 0.164 e. The Hall–Kier alpha value is -1.16. The third-order valence-corrected chi connectivity index (χ3v) is 4.00. The zero-order chi connectivity index (χ0) is 15.8. The first kappa shape index (κ1) is 16.2. The van der Waals surface area contributed by atoms with Gasteiger partial charge in [0.1, 0.15) is 5.82 Å². The zero-order valence-corrected chi connectivity index (χ0v) is 15.3. The lowest BCUT2D eigenvalue weighted by Crippen LogP contribution is -2.25. The van der Waals surface area contributed by atoms with Crippen molar-refractivity contribution in [1.29, 1.82) is 0 Å². The molecule has 0 radical (unpaired) electrons. The minimum atomic E-state index is -0.0626. The number of rotatable bonds is 2. The second-order valence-corrected chi connectivity index (χ2v) is 7.94. The quantitative estimate of drug-likeness (QED) is 0.722. The fraction of sp³-hybridized carbons (Fsp3) is 0.529. The Kier molecular flexibility index (Phi) is 4.29. The second kappa shape index (κ2) is 5.56. The van der Waals surface area contributed by atoms with Crippen molar-refractivity contribution in [3.05, 3.63) is 35.7 Å². The third kappa shape index (κ3) is 3.20. The highest BCUT2D eigenvalue weighted by atomic mass is 79.9. The lowest BCUT2D eigenvalue weighted by atomic mass is 9.83. The van der Waals surface area contributed by atoms with Gasteiger partial charge in [0.15, 0.2) is 5.82 Å². The average molecular weight is 350 g/mol. The molecule has 4 heteroatoms. The van der Waals surface area contributed by atoms with E-state index in [2.05, 4.69) is 96.5 Å². The van der Waals surface area contributed by atoms with Crippen molar-refractivity contribution in [2.75, 3.05) is 0 Å². The fourth-order valence-electron chi connectivity index (χ4n) is 2.61. The number of hydrogen-bond acceptors (Lipinski definition) is 2. The van der Waals surface area contributed by atoms with Crippen LogP contribution < -0.4 is 0 Å². The number of halogens is 1. The Morgan fingerprint density at radius 3 is 2.14 bits per heavy atom. The first-order valence-electron chi connectivity index (χ1n) is 7.27. The number of nitrogens with zero attached hydrogens (tertiary/aromatic N) is 3. The highest BCUT2D eigenvalue weighted by Crippen LogP contribution is 2.34. The van der Waals surface area contributed by atoms with Crippen LogP contribution in [0.4, 0.5) is 0 Å². The molecule has 1 heterocycles. The van der Waals surface area contributed by atoms with Gasteiger partial charge in [-0.05, 0) is 31.7 Å². The Morgan fingerprint density at radius 1 is 1.00 bits per heavy atom. The summed E-state index contributed by atoms with van der Waals surface area (Å²) in [4.78, 5) is 0. The van der Waals surface area contributed by atoms with Gasteiger partial charge in [-0.25, -0.2) is 0 Å². The van der Waals surface area contributed by atoms with Crippen molar-refractivity contribution in [3.8, 4) is 11.4 Å². The molecular formula is C17H24BrN3. The molecule has 0 unspecified atom stereocenters. The van der Waals surface area contributed by atoms with E-state index >= 15 is 0 Å². The third-order valence-electron chi connectivity index (χ3n) is 3.50. The SMILES string of the molecule is CC(C)(C)c1ccccc1-c1nnc(CBr)n1C(C)(C)C. The van der Waals surface area contributed by atoms with Gasteiger partial charge in [-0.15, -0.1) is 10.2 Å². The summed E-state index contributed by atoms with van der Waals surface area (Å²) in [6, 6.07) is 8.49. The summed E-state index contributed by atoms with van der Waals surface area (Å²) in [6.45, 7) is 13.3. The van der Waals surface area contributed by atoms with Crippen molar-refractivity contribution in [1.82, 2.24) is 14.8 Å². The molecule has 0 N–H and O–H groups in total. The molecule has 0 aliphatic rings. The summed E-state index contributed by atoms with van der Waals surface area (Å²) in [7, 11) is 0. The molecule has 0 saturated carbocycles. The Labute approximate surface area is 135 Å². The minimum absolute atomic E-state index is 0.0626. The predicted octanol–water partition coefficient (Wildman–Crippen LogP) is 4.89. The molecule has 0 aliphatic carbocycles. The van der Waals surface area contributed by atoms with Gasteiger partial charge in [0, 0.05) is 11.1 Å². The monoisotopic (exact) mass is 349 g/mol. The molecule has 2 aromatic rings. The van der Waals surface area contributed by atoms with Gasteiger partial charge in [-0.3, -0.25) is 0 Å². The lowest BCUT2D eigenvalue weighted by Gasteiger charge is -2.27. The highest BCUT2D eigenvalue weighted by Gasteiger charge is 2.27. The molecule has 1 aromatic carbocycles. The lowest BCUT2D eigenvalue weighted by molar-refractivity contribution is 0.390. The molecule has 0 bridgehead atoms. The molecule has 21 heavy (non-hydrogen) atoms. The number of benzene rings is 1. The van der Waals surface area contributed by atoms with Crippen LogP contribution in [0.2, 0.25) is 0 Å². The Bertz CT molecular complexity index is 630. The van der Waals surface area contributed by atoms with E-state index in [-0.39, 0.29) is 11.0 Å². The fourth-order valence-corrected chi connectivity index (χ4v) is 2.98. The van der Waals surface area contributed by atoms with Gasteiger partial charge in [0.25, 0.3) is 0 Å². The first-order chi connectivity index (χ1) is 9.66. The molecular weight excluding hydrogens is 326 g/mol. The molecule has 0 spiro atoms. The number of aromatic nitrogens is 3. The molecule has 0 saturated heterocycles. The normalized spacial score (nSPS) is 12.7. The summed E-state index contributed by atoms with van der Waals surface area (Å²) in [6.07, 6.45) is 0. The first-order valence-corrected chi connectivity index (χ1v) is 8.39. The van der Waals surface area contributed by atoms with E-state index in [1.165, 1.54) is 11.1 Å². The molecule has 1 aromatic heterocycles. The van der Waals surface area contributed by atoms with Gasteiger partial charge in [0.2, 0.25) is 0 Å². The van der Waals surface area contributed by atoms with Crippen molar-refractivity contribution < 1.29 is 0 Å². The van der Waals surface area contributed by atoms with Crippen LogP contribution >= 0.6 is 15.9 Å². The molecule has 2 rings (SSSR count). The van der Waals surface area contributed by atoms with Gasteiger partial charge in [-0.1, -0.05) is 61.0 Å². The van der Waals surface area contributed by atoms with E-state index in [1.807, 2.05) is 0 Å². The van der Waals surface area contributed by atoms with Crippen LogP contribution in [0.25, 0.3) is 11.4 Å². The van der Waals surface area contributed by atoms with Crippen LogP contribution in [0, 0.1) is 0 Å². The van der Waals surface area contributed by atoms with E-state index in [0.29, 0.717) is 5.33 Å². The molecule has 0 atom stereocenters. The van der Waals surface area contributed by atoms with Gasteiger partial charge in [-0.2, -0.15) is 0 Å². The van der Waals surface area contributed by atoms with E-state index in [9.17, 15) is 0 Å². The Morgan fingerprint density at radius 2 is 1.62 bits per heavy atom. The average Bonchev–Trinajstić information content (AvgIpc) is 2.81. The maximum absolute atomic E-state index is 4.48. The summed E-state index contributed by atoms with van der Waals surface area (Å²) >= 11 is 3.52. The predicted molar refractivity (Wildman–Crippen MR) is 91.8 cm³/mol. The van der Waals surface area contributed by atoms with Gasteiger partial charge in [0.05, 0.1) is 5.33 Å². The zero-order valence-electron chi connectivity index (χ0n) is 13.7.